The van der Waals surface area contributed by atoms with Crippen LogP contribution in [-0.2, 0) is 11.2 Å². The molecule has 0 saturated carbocycles. The first-order valence-corrected chi connectivity index (χ1v) is 5.53. The van der Waals surface area contributed by atoms with E-state index in [2.05, 4.69) is 11.9 Å². The van der Waals surface area contributed by atoms with Gasteiger partial charge in [0.25, 0.3) is 0 Å². The van der Waals surface area contributed by atoms with Crippen LogP contribution >= 0.6 is 11.6 Å². The molecule has 0 saturated heterocycles. The van der Waals surface area contributed by atoms with Gasteiger partial charge in [0.15, 0.2) is 0 Å². The summed E-state index contributed by atoms with van der Waals surface area (Å²) in [7, 11) is 0. The van der Waals surface area contributed by atoms with Gasteiger partial charge in [0, 0.05) is 5.03 Å². The molecule has 0 bridgehead atoms. The minimum absolute atomic E-state index is 0.0319. The number of halogens is 1. The van der Waals surface area contributed by atoms with Crippen LogP contribution in [0.15, 0.2) is 29.8 Å². The first kappa shape index (κ1) is 12.8. The van der Waals surface area contributed by atoms with Crippen LogP contribution in [0.25, 0.3) is 0 Å². The van der Waals surface area contributed by atoms with E-state index in [-0.39, 0.29) is 5.91 Å². The molecule has 16 heavy (non-hydrogen) atoms. The highest BCUT2D eigenvalue weighted by Crippen LogP contribution is 2.11. The normalized spacial score (nSPS) is 9.94. The highest BCUT2D eigenvalue weighted by atomic mass is 35.5. The summed E-state index contributed by atoms with van der Waals surface area (Å²) >= 11 is 5.57. The van der Waals surface area contributed by atoms with Gasteiger partial charge in [-0.2, -0.15) is 0 Å². The Morgan fingerprint density at radius 1 is 1.44 bits per heavy atom. The van der Waals surface area contributed by atoms with Gasteiger partial charge < -0.3 is 5.32 Å². The molecule has 0 aliphatic heterocycles. The molecule has 0 aliphatic carbocycles. The molecule has 0 heterocycles. The highest BCUT2D eigenvalue weighted by molar-refractivity contribution is 6.29. The fourth-order valence-electron chi connectivity index (χ4n) is 1.42. The number of hydrogen-bond acceptors (Lipinski definition) is 1. The molecule has 0 spiro atoms. The van der Waals surface area contributed by atoms with Crippen LogP contribution in [0.2, 0.25) is 0 Å². The Kier molecular flexibility index (Phi) is 4.56. The van der Waals surface area contributed by atoms with E-state index in [0.29, 0.717) is 18.0 Å². The number of carbonyl (C=O) groups is 1. The molecule has 0 aromatic heterocycles. The van der Waals surface area contributed by atoms with Crippen LogP contribution in [-0.4, -0.2) is 12.5 Å². The smallest absolute Gasteiger partial charge is 0.224 e. The van der Waals surface area contributed by atoms with Crippen LogP contribution < -0.4 is 5.32 Å². The molecule has 0 aliphatic rings. The van der Waals surface area contributed by atoms with Crippen molar-refractivity contribution in [3.8, 4) is 0 Å². The van der Waals surface area contributed by atoms with Gasteiger partial charge in [0.2, 0.25) is 5.91 Å². The molecule has 0 fully saturated rings. The maximum Gasteiger partial charge on any atom is 0.224 e. The van der Waals surface area contributed by atoms with Crippen molar-refractivity contribution in [1.29, 1.82) is 0 Å². The minimum Gasteiger partial charge on any atom is -0.351 e. The van der Waals surface area contributed by atoms with Gasteiger partial charge in [-0.15, -0.1) is 0 Å². The first-order chi connectivity index (χ1) is 7.49. The van der Waals surface area contributed by atoms with E-state index >= 15 is 0 Å². The SMILES string of the molecule is C=C(Cl)CNC(=O)Cc1cc(C)ccc1C. The molecule has 0 unspecified atom stereocenters. The van der Waals surface area contributed by atoms with Crippen molar-refractivity contribution in [2.45, 2.75) is 20.3 Å². The second-order valence-electron chi connectivity index (χ2n) is 3.90. The Labute approximate surface area is 101 Å². The van der Waals surface area contributed by atoms with E-state index in [9.17, 15) is 4.79 Å². The monoisotopic (exact) mass is 237 g/mol. The zero-order valence-electron chi connectivity index (χ0n) is 9.64. The highest BCUT2D eigenvalue weighted by Gasteiger charge is 2.05. The van der Waals surface area contributed by atoms with Gasteiger partial charge >= 0.3 is 0 Å². The van der Waals surface area contributed by atoms with Crippen molar-refractivity contribution in [3.63, 3.8) is 0 Å². The Hall–Kier alpha value is -1.28. The summed E-state index contributed by atoms with van der Waals surface area (Å²) in [4.78, 5) is 11.6. The van der Waals surface area contributed by atoms with Crippen molar-refractivity contribution in [2.75, 3.05) is 6.54 Å². The third-order valence-corrected chi connectivity index (χ3v) is 2.47. The third kappa shape index (κ3) is 4.07. The van der Waals surface area contributed by atoms with E-state index in [1.807, 2.05) is 32.0 Å². The van der Waals surface area contributed by atoms with Gasteiger partial charge in [0.05, 0.1) is 13.0 Å². The summed E-state index contributed by atoms with van der Waals surface area (Å²) in [5, 5.41) is 3.15. The van der Waals surface area contributed by atoms with Crippen LogP contribution in [0.5, 0.6) is 0 Å². The van der Waals surface area contributed by atoms with Crippen molar-refractivity contribution in [1.82, 2.24) is 5.32 Å². The molecule has 1 aromatic carbocycles. The van der Waals surface area contributed by atoms with Crippen LogP contribution in [0.3, 0.4) is 0 Å². The molecule has 1 amide bonds. The molecule has 1 rings (SSSR count). The van der Waals surface area contributed by atoms with Crippen LogP contribution in [0.1, 0.15) is 16.7 Å². The zero-order valence-corrected chi connectivity index (χ0v) is 10.4. The number of amides is 1. The topological polar surface area (TPSA) is 29.1 Å². The van der Waals surface area contributed by atoms with Crippen LogP contribution in [0, 0.1) is 13.8 Å². The van der Waals surface area contributed by atoms with Crippen molar-refractivity contribution in [3.05, 3.63) is 46.5 Å². The van der Waals surface area contributed by atoms with Crippen LogP contribution in [0.4, 0.5) is 0 Å². The molecule has 1 N–H and O–H groups in total. The molecule has 2 nitrogen and oxygen atoms in total. The lowest BCUT2D eigenvalue weighted by atomic mass is 10.0. The fraction of sp³-hybridized carbons (Fsp3) is 0.308. The molecule has 3 heteroatoms. The number of hydrogen-bond donors (Lipinski definition) is 1. The summed E-state index contributed by atoms with van der Waals surface area (Å²) in [6.07, 6.45) is 0.387. The van der Waals surface area contributed by atoms with E-state index in [0.717, 1.165) is 16.7 Å². The quantitative estimate of drug-likeness (QED) is 0.857. The van der Waals surface area contributed by atoms with Crippen molar-refractivity contribution < 1.29 is 4.79 Å². The average Bonchev–Trinajstić information content (AvgIpc) is 2.20. The lowest BCUT2D eigenvalue weighted by molar-refractivity contribution is -0.120. The van der Waals surface area contributed by atoms with Crippen molar-refractivity contribution >= 4 is 17.5 Å². The summed E-state index contributed by atoms with van der Waals surface area (Å²) in [6, 6.07) is 6.10. The van der Waals surface area contributed by atoms with Gasteiger partial charge in [-0.3, -0.25) is 4.79 Å². The van der Waals surface area contributed by atoms with E-state index in [4.69, 9.17) is 11.6 Å². The molecule has 0 atom stereocenters. The Balaban J connectivity index is 2.62. The first-order valence-electron chi connectivity index (χ1n) is 5.15. The second-order valence-corrected chi connectivity index (χ2v) is 4.44. The summed E-state index contributed by atoms with van der Waals surface area (Å²) in [5.74, 6) is -0.0319. The van der Waals surface area contributed by atoms with E-state index < -0.39 is 0 Å². The van der Waals surface area contributed by atoms with Gasteiger partial charge in [-0.25, -0.2) is 0 Å². The number of nitrogens with one attached hydrogen (secondary N) is 1. The van der Waals surface area contributed by atoms with E-state index in [1.54, 1.807) is 0 Å². The lowest BCUT2D eigenvalue weighted by Crippen LogP contribution is -2.26. The van der Waals surface area contributed by atoms with Gasteiger partial charge in [0.1, 0.15) is 0 Å². The Morgan fingerprint density at radius 3 is 2.75 bits per heavy atom. The molecular weight excluding hydrogens is 222 g/mol. The Bertz CT molecular complexity index is 412. The zero-order chi connectivity index (χ0) is 12.1. The Morgan fingerprint density at radius 2 is 2.12 bits per heavy atom. The number of aryl methyl sites for hydroxylation is 2. The number of carbonyl (C=O) groups excluding carboxylic acids is 1. The molecule has 86 valence electrons. The average molecular weight is 238 g/mol. The summed E-state index contributed by atoms with van der Waals surface area (Å²) < 4.78 is 0. The second kappa shape index (κ2) is 5.71. The largest absolute Gasteiger partial charge is 0.351 e. The van der Waals surface area contributed by atoms with Gasteiger partial charge in [-0.1, -0.05) is 41.9 Å². The van der Waals surface area contributed by atoms with E-state index in [1.165, 1.54) is 0 Å². The number of rotatable bonds is 4. The summed E-state index contributed by atoms with van der Waals surface area (Å²) in [6.45, 7) is 7.86. The predicted molar refractivity (Wildman–Crippen MR) is 67.6 cm³/mol. The standard InChI is InChI=1S/C13H16ClNO/c1-9-4-5-10(2)12(6-9)7-13(16)15-8-11(3)14/h4-6H,3,7-8H2,1-2H3,(H,15,16). The molecule has 1 aromatic rings. The third-order valence-electron chi connectivity index (χ3n) is 2.33. The minimum atomic E-state index is -0.0319. The predicted octanol–water partition coefficient (Wildman–Crippen LogP) is 2.71. The number of benzene rings is 1. The summed E-state index contributed by atoms with van der Waals surface area (Å²) in [5.41, 5.74) is 3.35. The van der Waals surface area contributed by atoms with Crippen molar-refractivity contribution in [2.24, 2.45) is 0 Å². The molecular formula is C13H16ClNO. The lowest BCUT2D eigenvalue weighted by Gasteiger charge is -2.07. The fourth-order valence-corrected chi connectivity index (χ4v) is 1.49. The molecule has 0 radical (unpaired) electrons. The van der Waals surface area contributed by atoms with Gasteiger partial charge in [-0.05, 0) is 25.0 Å². The maximum atomic E-state index is 11.6. The maximum absolute atomic E-state index is 11.6.